The molecule has 1 aliphatic rings. The molecule has 1 aliphatic heterocycles. The van der Waals surface area contributed by atoms with E-state index in [0.717, 1.165) is 25.7 Å². The molecule has 4 nitrogen and oxygen atoms in total. The van der Waals surface area contributed by atoms with Crippen molar-refractivity contribution in [1.29, 1.82) is 0 Å². The van der Waals surface area contributed by atoms with Gasteiger partial charge in [-0.1, -0.05) is 26.3 Å². The number of carbonyl (C=O) groups is 1. The van der Waals surface area contributed by atoms with E-state index in [2.05, 4.69) is 13.5 Å². The van der Waals surface area contributed by atoms with Gasteiger partial charge in [0.25, 0.3) is 0 Å². The molecule has 16 heavy (non-hydrogen) atoms. The quantitative estimate of drug-likeness (QED) is 0.404. The summed E-state index contributed by atoms with van der Waals surface area (Å²) in [6.45, 7) is 5.34. The van der Waals surface area contributed by atoms with Crippen molar-refractivity contribution >= 4 is 5.97 Å². The summed E-state index contributed by atoms with van der Waals surface area (Å²) < 4.78 is 5.15. The number of aliphatic hydroxyl groups excluding tert-OH is 2. The summed E-state index contributed by atoms with van der Waals surface area (Å²) in [5.74, 6) is -0.895. The maximum absolute atomic E-state index is 11.3. The lowest BCUT2D eigenvalue weighted by Gasteiger charge is -2.21. The van der Waals surface area contributed by atoms with Gasteiger partial charge in [-0.2, -0.15) is 0 Å². The lowest BCUT2D eigenvalue weighted by Crippen LogP contribution is -2.31. The standard InChI is InChI=1S/C12H20O4/c1-3-4-5-6-10-11(9(14)7-13)8(2)12(15)16-10/h9-11,13-14H,2-7H2,1H3/t9-,10+,11+/m1/s1. The van der Waals surface area contributed by atoms with Gasteiger partial charge in [-0.3, -0.25) is 0 Å². The fourth-order valence-electron chi connectivity index (χ4n) is 2.07. The lowest BCUT2D eigenvalue weighted by molar-refractivity contribution is -0.139. The Morgan fingerprint density at radius 3 is 2.75 bits per heavy atom. The monoisotopic (exact) mass is 228 g/mol. The van der Waals surface area contributed by atoms with Gasteiger partial charge < -0.3 is 14.9 Å². The highest BCUT2D eigenvalue weighted by atomic mass is 16.6. The molecule has 0 saturated carbocycles. The van der Waals surface area contributed by atoms with Crippen LogP contribution in [0.25, 0.3) is 0 Å². The smallest absolute Gasteiger partial charge is 0.334 e. The van der Waals surface area contributed by atoms with Crippen LogP contribution in [0.15, 0.2) is 12.2 Å². The van der Waals surface area contributed by atoms with E-state index < -0.39 is 18.0 Å². The molecule has 0 bridgehead atoms. The summed E-state index contributed by atoms with van der Waals surface area (Å²) in [6, 6.07) is 0. The van der Waals surface area contributed by atoms with Crippen LogP contribution in [-0.2, 0) is 9.53 Å². The van der Waals surface area contributed by atoms with Crippen LogP contribution >= 0.6 is 0 Å². The third-order valence-electron chi connectivity index (χ3n) is 3.02. The van der Waals surface area contributed by atoms with E-state index >= 15 is 0 Å². The highest BCUT2D eigenvalue weighted by Gasteiger charge is 2.42. The highest BCUT2D eigenvalue weighted by molar-refractivity contribution is 5.90. The minimum atomic E-state index is -0.953. The van der Waals surface area contributed by atoms with Crippen LogP contribution < -0.4 is 0 Å². The summed E-state index contributed by atoms with van der Waals surface area (Å²) in [5.41, 5.74) is 0.281. The second kappa shape index (κ2) is 6.01. The first-order valence-electron chi connectivity index (χ1n) is 5.80. The molecule has 1 fully saturated rings. The molecule has 0 spiro atoms. The van der Waals surface area contributed by atoms with Gasteiger partial charge in [0.2, 0.25) is 0 Å². The van der Waals surface area contributed by atoms with Crippen LogP contribution in [0.1, 0.15) is 32.6 Å². The Morgan fingerprint density at radius 2 is 2.19 bits per heavy atom. The number of ether oxygens (including phenoxy) is 1. The molecule has 4 heteroatoms. The molecular weight excluding hydrogens is 208 g/mol. The summed E-state index contributed by atoms with van der Waals surface area (Å²) >= 11 is 0. The molecule has 0 radical (unpaired) electrons. The van der Waals surface area contributed by atoms with Gasteiger partial charge in [-0.05, 0) is 12.8 Å². The van der Waals surface area contributed by atoms with Crippen LogP contribution in [0, 0.1) is 5.92 Å². The molecule has 0 aromatic heterocycles. The van der Waals surface area contributed by atoms with Gasteiger partial charge >= 0.3 is 5.97 Å². The van der Waals surface area contributed by atoms with Crippen LogP contribution in [-0.4, -0.2) is 35.0 Å². The number of unbranched alkanes of at least 4 members (excludes halogenated alkanes) is 2. The highest BCUT2D eigenvalue weighted by Crippen LogP contribution is 2.32. The van der Waals surface area contributed by atoms with Crippen LogP contribution in [0.3, 0.4) is 0 Å². The number of hydrogen-bond donors (Lipinski definition) is 2. The average molecular weight is 228 g/mol. The summed E-state index contributed by atoms with van der Waals surface area (Å²) in [4.78, 5) is 11.3. The van der Waals surface area contributed by atoms with E-state index in [1.54, 1.807) is 0 Å². The minimum Gasteiger partial charge on any atom is -0.458 e. The Balaban J connectivity index is 2.60. The number of carbonyl (C=O) groups excluding carboxylic acids is 1. The average Bonchev–Trinajstić information content (AvgIpc) is 2.55. The molecule has 1 heterocycles. The zero-order valence-corrected chi connectivity index (χ0v) is 9.69. The summed E-state index contributed by atoms with van der Waals surface area (Å²) in [5, 5.41) is 18.6. The predicted octanol–water partition coefficient (Wildman–Crippen LogP) is 1.02. The van der Waals surface area contributed by atoms with Crippen molar-refractivity contribution in [3.63, 3.8) is 0 Å². The van der Waals surface area contributed by atoms with E-state index in [4.69, 9.17) is 9.84 Å². The Kier molecular flexibility index (Phi) is 4.96. The van der Waals surface area contributed by atoms with E-state index in [1.165, 1.54) is 0 Å². The Hall–Kier alpha value is -0.870. The molecule has 0 aromatic rings. The van der Waals surface area contributed by atoms with Crippen molar-refractivity contribution in [3.8, 4) is 0 Å². The summed E-state index contributed by atoms with van der Waals surface area (Å²) in [7, 11) is 0. The van der Waals surface area contributed by atoms with Crippen molar-refractivity contribution in [2.75, 3.05) is 6.61 Å². The number of esters is 1. The lowest BCUT2D eigenvalue weighted by atomic mass is 9.89. The first kappa shape index (κ1) is 13.2. The molecule has 3 atom stereocenters. The molecular formula is C12H20O4. The SMILES string of the molecule is C=C1C(=O)O[C@@H](CCCCC)[C@@H]1[C@H](O)CO. The molecule has 1 saturated heterocycles. The van der Waals surface area contributed by atoms with Crippen LogP contribution in [0.4, 0.5) is 0 Å². The number of hydrogen-bond acceptors (Lipinski definition) is 4. The fraction of sp³-hybridized carbons (Fsp3) is 0.750. The normalized spacial score (nSPS) is 26.9. The van der Waals surface area contributed by atoms with Gasteiger partial charge in [0.05, 0.1) is 18.6 Å². The van der Waals surface area contributed by atoms with Crippen LogP contribution in [0.5, 0.6) is 0 Å². The zero-order valence-electron chi connectivity index (χ0n) is 9.69. The maximum Gasteiger partial charge on any atom is 0.334 e. The maximum atomic E-state index is 11.3. The number of rotatable bonds is 6. The van der Waals surface area contributed by atoms with Crippen molar-refractivity contribution in [1.82, 2.24) is 0 Å². The van der Waals surface area contributed by atoms with Crippen molar-refractivity contribution in [3.05, 3.63) is 12.2 Å². The van der Waals surface area contributed by atoms with Gasteiger partial charge in [0.15, 0.2) is 0 Å². The molecule has 2 N–H and O–H groups in total. The first-order chi connectivity index (χ1) is 7.61. The second-order valence-electron chi connectivity index (χ2n) is 4.24. The van der Waals surface area contributed by atoms with Crippen molar-refractivity contribution < 1.29 is 19.7 Å². The van der Waals surface area contributed by atoms with Gasteiger partial charge in [-0.25, -0.2) is 4.79 Å². The van der Waals surface area contributed by atoms with E-state index in [-0.39, 0.29) is 18.3 Å². The van der Waals surface area contributed by atoms with Crippen molar-refractivity contribution in [2.24, 2.45) is 5.92 Å². The molecule has 1 rings (SSSR count). The molecule has 92 valence electrons. The number of aliphatic hydroxyl groups is 2. The third-order valence-corrected chi connectivity index (χ3v) is 3.02. The van der Waals surface area contributed by atoms with Gasteiger partial charge in [-0.15, -0.1) is 0 Å². The number of cyclic esters (lactones) is 1. The first-order valence-corrected chi connectivity index (χ1v) is 5.80. The minimum absolute atomic E-state index is 0.281. The van der Waals surface area contributed by atoms with Crippen molar-refractivity contribution in [2.45, 2.75) is 44.8 Å². The van der Waals surface area contributed by atoms with E-state index in [0.29, 0.717) is 0 Å². The third kappa shape index (κ3) is 2.83. The predicted molar refractivity (Wildman–Crippen MR) is 59.7 cm³/mol. The Bertz CT molecular complexity index is 262. The van der Waals surface area contributed by atoms with Crippen LogP contribution in [0.2, 0.25) is 0 Å². The molecule has 0 aromatic carbocycles. The Labute approximate surface area is 95.9 Å². The largest absolute Gasteiger partial charge is 0.458 e. The van der Waals surface area contributed by atoms with Gasteiger partial charge in [0, 0.05) is 5.57 Å². The van der Waals surface area contributed by atoms with E-state index in [9.17, 15) is 9.90 Å². The molecule has 0 aliphatic carbocycles. The second-order valence-corrected chi connectivity index (χ2v) is 4.24. The Morgan fingerprint density at radius 1 is 1.50 bits per heavy atom. The molecule has 0 unspecified atom stereocenters. The van der Waals surface area contributed by atoms with E-state index in [1.807, 2.05) is 0 Å². The van der Waals surface area contributed by atoms with Gasteiger partial charge in [0.1, 0.15) is 6.10 Å². The zero-order chi connectivity index (χ0) is 12.1. The summed E-state index contributed by atoms with van der Waals surface area (Å²) in [6.07, 6.45) is 2.56. The topological polar surface area (TPSA) is 66.8 Å². The molecule has 0 amide bonds. The fourth-order valence-corrected chi connectivity index (χ4v) is 2.07.